The second-order valence-electron chi connectivity index (χ2n) is 4.47. The van der Waals surface area contributed by atoms with Crippen molar-refractivity contribution in [1.82, 2.24) is 21.3 Å². The third-order valence-electron chi connectivity index (χ3n) is 2.78. The average molecular weight is 256 g/mol. The lowest BCUT2D eigenvalue weighted by atomic mass is 10.3. The molecule has 0 unspecified atom stereocenters. The summed E-state index contributed by atoms with van der Waals surface area (Å²) in [6, 6.07) is 0. The fraction of sp³-hybridized carbons (Fsp3) is 0.833. The van der Waals surface area contributed by atoms with Crippen molar-refractivity contribution in [2.24, 2.45) is 0 Å². The fourth-order valence-corrected chi connectivity index (χ4v) is 1.73. The van der Waals surface area contributed by atoms with Crippen molar-refractivity contribution < 1.29 is 9.59 Å². The van der Waals surface area contributed by atoms with E-state index in [1.165, 1.54) is 0 Å². The van der Waals surface area contributed by atoms with Crippen molar-refractivity contribution in [2.45, 2.75) is 25.7 Å². The molecule has 1 aliphatic heterocycles. The van der Waals surface area contributed by atoms with Gasteiger partial charge in [0.05, 0.1) is 13.1 Å². The maximum Gasteiger partial charge on any atom is 0.233 e. The van der Waals surface area contributed by atoms with Gasteiger partial charge in [-0.1, -0.05) is 0 Å². The Bertz CT molecular complexity index is 232. The molecule has 0 aromatic carbocycles. The second-order valence-corrected chi connectivity index (χ2v) is 4.47. The molecule has 0 spiro atoms. The summed E-state index contributed by atoms with van der Waals surface area (Å²) in [5, 5.41) is 11.9. The van der Waals surface area contributed by atoms with Gasteiger partial charge in [-0.05, 0) is 38.8 Å². The lowest BCUT2D eigenvalue weighted by Crippen LogP contribution is -2.37. The second kappa shape index (κ2) is 9.85. The monoisotopic (exact) mass is 256 g/mol. The maximum atomic E-state index is 11.4. The van der Waals surface area contributed by atoms with E-state index in [2.05, 4.69) is 21.3 Å². The Balaban J connectivity index is 2.21. The summed E-state index contributed by atoms with van der Waals surface area (Å²) >= 11 is 0. The quantitative estimate of drug-likeness (QED) is 0.447. The molecule has 6 heteroatoms. The number of carbonyl (C=O) groups is 2. The largest absolute Gasteiger partial charge is 0.355 e. The van der Waals surface area contributed by atoms with Crippen LogP contribution in [0.2, 0.25) is 0 Å². The van der Waals surface area contributed by atoms with Crippen LogP contribution in [0.15, 0.2) is 0 Å². The molecule has 4 N–H and O–H groups in total. The smallest absolute Gasteiger partial charge is 0.233 e. The molecule has 0 atom stereocenters. The van der Waals surface area contributed by atoms with E-state index in [1.54, 1.807) is 0 Å². The molecule has 0 radical (unpaired) electrons. The Hall–Kier alpha value is -1.14. The summed E-state index contributed by atoms with van der Waals surface area (Å²) in [5.74, 6) is 0.0912. The Kier molecular flexibility index (Phi) is 8.16. The van der Waals surface area contributed by atoms with Crippen molar-refractivity contribution in [3.8, 4) is 0 Å². The van der Waals surface area contributed by atoms with Gasteiger partial charge in [0.15, 0.2) is 0 Å². The van der Waals surface area contributed by atoms with E-state index < -0.39 is 0 Å². The van der Waals surface area contributed by atoms with Crippen LogP contribution in [0.1, 0.15) is 25.7 Å². The van der Waals surface area contributed by atoms with Crippen LogP contribution in [0.3, 0.4) is 0 Å². The molecule has 1 aliphatic rings. The number of nitrogens with one attached hydrogen (secondary N) is 4. The fourth-order valence-electron chi connectivity index (χ4n) is 1.73. The van der Waals surface area contributed by atoms with Gasteiger partial charge in [-0.2, -0.15) is 0 Å². The predicted molar refractivity (Wildman–Crippen MR) is 70.2 cm³/mol. The minimum absolute atomic E-state index is 0.0456. The van der Waals surface area contributed by atoms with Gasteiger partial charge in [0.25, 0.3) is 0 Å². The van der Waals surface area contributed by atoms with E-state index in [-0.39, 0.29) is 11.8 Å². The molecule has 1 fully saturated rings. The van der Waals surface area contributed by atoms with Gasteiger partial charge in [0.2, 0.25) is 11.8 Å². The molecular weight excluding hydrogens is 232 g/mol. The summed E-state index contributed by atoms with van der Waals surface area (Å²) in [5.41, 5.74) is 0. The Morgan fingerprint density at radius 2 is 1.00 bits per heavy atom. The van der Waals surface area contributed by atoms with Gasteiger partial charge in [-0.3, -0.25) is 9.59 Å². The third kappa shape index (κ3) is 8.03. The maximum absolute atomic E-state index is 11.4. The van der Waals surface area contributed by atoms with Gasteiger partial charge in [-0.25, -0.2) is 0 Å². The molecule has 6 nitrogen and oxygen atoms in total. The molecule has 1 rings (SSSR count). The Morgan fingerprint density at radius 3 is 1.44 bits per heavy atom. The molecule has 18 heavy (non-hydrogen) atoms. The molecule has 1 saturated heterocycles. The van der Waals surface area contributed by atoms with Crippen LogP contribution in [0.25, 0.3) is 0 Å². The molecule has 0 bridgehead atoms. The number of carbonyl (C=O) groups excluding carboxylic acids is 2. The first-order valence-corrected chi connectivity index (χ1v) is 6.74. The highest BCUT2D eigenvalue weighted by molar-refractivity contribution is 5.78. The van der Waals surface area contributed by atoms with Crippen LogP contribution < -0.4 is 21.3 Å². The van der Waals surface area contributed by atoms with Gasteiger partial charge in [-0.15, -0.1) is 0 Å². The van der Waals surface area contributed by atoms with Crippen molar-refractivity contribution in [3.63, 3.8) is 0 Å². The first-order chi connectivity index (χ1) is 8.79. The molecule has 0 aromatic heterocycles. The zero-order valence-electron chi connectivity index (χ0n) is 10.9. The third-order valence-corrected chi connectivity index (χ3v) is 2.78. The standard InChI is InChI=1S/C12H24N4O2/c17-11-9-13-5-1-2-6-14-10-12(18)16-8-4-3-7-15-11/h13-14H,1-10H2,(H,15,17)(H,16,18). The van der Waals surface area contributed by atoms with E-state index in [9.17, 15) is 9.59 Å². The zero-order chi connectivity index (χ0) is 13.1. The number of amides is 2. The van der Waals surface area contributed by atoms with Gasteiger partial charge in [0, 0.05) is 13.1 Å². The summed E-state index contributed by atoms with van der Waals surface area (Å²) < 4.78 is 0. The van der Waals surface area contributed by atoms with E-state index in [0.717, 1.165) is 38.8 Å². The molecular formula is C12H24N4O2. The Morgan fingerprint density at radius 1 is 0.611 bits per heavy atom. The number of hydrogen-bond donors (Lipinski definition) is 4. The van der Waals surface area contributed by atoms with Gasteiger partial charge < -0.3 is 21.3 Å². The van der Waals surface area contributed by atoms with E-state index in [1.807, 2.05) is 0 Å². The Labute approximate surface area is 108 Å². The van der Waals surface area contributed by atoms with E-state index >= 15 is 0 Å². The zero-order valence-corrected chi connectivity index (χ0v) is 10.9. The predicted octanol–water partition coefficient (Wildman–Crippen LogP) is -1.03. The van der Waals surface area contributed by atoms with Crippen LogP contribution in [-0.2, 0) is 9.59 Å². The molecule has 0 saturated carbocycles. The minimum atomic E-state index is 0.0456. The summed E-state index contributed by atoms with van der Waals surface area (Å²) in [7, 11) is 0. The molecule has 104 valence electrons. The molecule has 2 amide bonds. The first kappa shape index (κ1) is 14.9. The van der Waals surface area contributed by atoms with Crippen molar-refractivity contribution in [2.75, 3.05) is 39.3 Å². The lowest BCUT2D eigenvalue weighted by Gasteiger charge is -2.09. The highest BCUT2D eigenvalue weighted by Gasteiger charge is 2.02. The molecule has 0 aliphatic carbocycles. The van der Waals surface area contributed by atoms with Crippen LogP contribution in [0.4, 0.5) is 0 Å². The topological polar surface area (TPSA) is 82.3 Å². The van der Waals surface area contributed by atoms with Crippen molar-refractivity contribution in [1.29, 1.82) is 0 Å². The van der Waals surface area contributed by atoms with E-state index in [4.69, 9.17) is 0 Å². The first-order valence-electron chi connectivity index (χ1n) is 6.74. The average Bonchev–Trinajstić information content (AvgIpc) is 2.35. The van der Waals surface area contributed by atoms with Gasteiger partial charge in [0.1, 0.15) is 0 Å². The highest BCUT2D eigenvalue weighted by atomic mass is 16.2. The molecule has 0 aromatic rings. The van der Waals surface area contributed by atoms with Crippen LogP contribution in [0, 0.1) is 0 Å². The van der Waals surface area contributed by atoms with Crippen molar-refractivity contribution >= 4 is 11.8 Å². The van der Waals surface area contributed by atoms with Crippen LogP contribution in [0.5, 0.6) is 0 Å². The van der Waals surface area contributed by atoms with Crippen LogP contribution >= 0.6 is 0 Å². The van der Waals surface area contributed by atoms with E-state index in [0.29, 0.717) is 26.2 Å². The normalized spacial score (nSPS) is 22.0. The minimum Gasteiger partial charge on any atom is -0.355 e. The molecule has 1 heterocycles. The van der Waals surface area contributed by atoms with Crippen molar-refractivity contribution in [3.05, 3.63) is 0 Å². The summed E-state index contributed by atoms with van der Waals surface area (Å²) in [4.78, 5) is 22.7. The van der Waals surface area contributed by atoms with Gasteiger partial charge >= 0.3 is 0 Å². The SMILES string of the molecule is O=C1CNCCCCNCC(=O)NCCCCN1. The van der Waals surface area contributed by atoms with Crippen LogP contribution in [-0.4, -0.2) is 51.1 Å². The lowest BCUT2D eigenvalue weighted by molar-refractivity contribution is -0.121. The summed E-state index contributed by atoms with van der Waals surface area (Å²) in [6.07, 6.45) is 3.78. The highest BCUT2D eigenvalue weighted by Crippen LogP contribution is 1.87. The number of rotatable bonds is 0. The number of hydrogen-bond acceptors (Lipinski definition) is 4. The summed E-state index contributed by atoms with van der Waals surface area (Å²) in [6.45, 7) is 3.81.